The van der Waals surface area contributed by atoms with Crippen LogP contribution >= 0.6 is 11.3 Å². The highest BCUT2D eigenvalue weighted by Gasteiger charge is 2.28. The number of thiophene rings is 1. The van der Waals surface area contributed by atoms with E-state index in [4.69, 9.17) is 0 Å². The van der Waals surface area contributed by atoms with Crippen molar-refractivity contribution in [1.82, 2.24) is 15.1 Å². The molecule has 2 amide bonds. The van der Waals surface area contributed by atoms with Gasteiger partial charge in [0.1, 0.15) is 0 Å². The van der Waals surface area contributed by atoms with E-state index in [0.717, 1.165) is 18.0 Å². The zero-order valence-electron chi connectivity index (χ0n) is 15.9. The van der Waals surface area contributed by atoms with Gasteiger partial charge in [-0.25, -0.2) is 0 Å². The van der Waals surface area contributed by atoms with Gasteiger partial charge in [0.25, 0.3) is 5.91 Å². The van der Waals surface area contributed by atoms with Crippen molar-refractivity contribution in [2.24, 2.45) is 0 Å². The van der Waals surface area contributed by atoms with E-state index in [0.29, 0.717) is 19.6 Å². The zero-order valence-corrected chi connectivity index (χ0v) is 16.7. The quantitative estimate of drug-likeness (QED) is 0.832. The summed E-state index contributed by atoms with van der Waals surface area (Å²) in [5, 5.41) is 5.00. The third kappa shape index (κ3) is 4.96. The molecule has 0 spiro atoms. The molecule has 1 aromatic carbocycles. The van der Waals surface area contributed by atoms with Gasteiger partial charge in [-0.1, -0.05) is 43.3 Å². The largest absolute Gasteiger partial charge is 0.354 e. The number of hydrogen-bond donors (Lipinski definition) is 1. The smallest absolute Gasteiger partial charge is 0.264 e. The van der Waals surface area contributed by atoms with Gasteiger partial charge >= 0.3 is 0 Å². The average molecular weight is 386 g/mol. The number of piperazine rings is 1. The van der Waals surface area contributed by atoms with Crippen LogP contribution in [-0.2, 0) is 4.79 Å². The maximum Gasteiger partial charge on any atom is 0.264 e. The predicted molar refractivity (Wildman–Crippen MR) is 109 cm³/mol. The van der Waals surface area contributed by atoms with Gasteiger partial charge < -0.3 is 10.2 Å². The molecule has 3 rings (SSSR count). The SMILES string of the molecule is C[C@H](CNC(=O)[C@@H](C)N1CCN(C(=O)c2cccs2)CC1)c1ccccc1. The first-order valence-corrected chi connectivity index (χ1v) is 10.3. The predicted octanol–water partition coefficient (Wildman–Crippen LogP) is 2.81. The molecule has 2 aromatic rings. The summed E-state index contributed by atoms with van der Waals surface area (Å²) in [6.07, 6.45) is 0. The van der Waals surface area contributed by atoms with Crippen LogP contribution in [-0.4, -0.2) is 60.4 Å². The van der Waals surface area contributed by atoms with Crippen LogP contribution in [0.15, 0.2) is 47.8 Å². The van der Waals surface area contributed by atoms with Crippen LogP contribution < -0.4 is 5.32 Å². The van der Waals surface area contributed by atoms with E-state index in [1.807, 2.05) is 47.5 Å². The third-order valence-electron chi connectivity index (χ3n) is 5.21. The van der Waals surface area contributed by atoms with Crippen LogP contribution in [0.25, 0.3) is 0 Å². The number of nitrogens with zero attached hydrogens (tertiary/aromatic N) is 2. The Morgan fingerprint density at radius 1 is 1.04 bits per heavy atom. The van der Waals surface area contributed by atoms with Crippen LogP contribution in [0, 0.1) is 0 Å². The second kappa shape index (κ2) is 9.15. The molecule has 1 N–H and O–H groups in total. The number of carbonyl (C=O) groups excluding carboxylic acids is 2. The number of hydrogen-bond acceptors (Lipinski definition) is 4. The van der Waals surface area contributed by atoms with Crippen LogP contribution in [0.2, 0.25) is 0 Å². The summed E-state index contributed by atoms with van der Waals surface area (Å²) in [7, 11) is 0. The highest BCUT2D eigenvalue weighted by Crippen LogP contribution is 2.16. The van der Waals surface area contributed by atoms with Gasteiger partial charge in [0, 0.05) is 32.7 Å². The molecule has 0 bridgehead atoms. The van der Waals surface area contributed by atoms with E-state index in [2.05, 4.69) is 29.3 Å². The molecule has 1 aliphatic heterocycles. The molecule has 0 saturated carbocycles. The standard InChI is InChI=1S/C21H27N3O2S/c1-16(18-7-4-3-5-8-18)15-22-20(25)17(2)23-10-12-24(13-11-23)21(26)19-9-6-14-27-19/h3-9,14,16-17H,10-13,15H2,1-2H3,(H,22,25)/t16-,17-/m1/s1. The van der Waals surface area contributed by atoms with Crippen molar-refractivity contribution < 1.29 is 9.59 Å². The molecule has 0 unspecified atom stereocenters. The molecule has 0 aliphatic carbocycles. The molecular weight excluding hydrogens is 358 g/mol. The second-order valence-corrected chi connectivity index (χ2v) is 7.99. The summed E-state index contributed by atoms with van der Waals surface area (Å²) < 4.78 is 0. The van der Waals surface area contributed by atoms with Crippen LogP contribution in [0.1, 0.15) is 35.0 Å². The maximum absolute atomic E-state index is 12.5. The van der Waals surface area contributed by atoms with Crippen molar-refractivity contribution in [3.05, 3.63) is 58.3 Å². The van der Waals surface area contributed by atoms with E-state index in [1.165, 1.54) is 16.9 Å². The Hall–Kier alpha value is -2.18. The monoisotopic (exact) mass is 385 g/mol. The minimum Gasteiger partial charge on any atom is -0.354 e. The normalized spacial score (nSPS) is 17.3. The summed E-state index contributed by atoms with van der Waals surface area (Å²) in [6.45, 7) is 7.46. The van der Waals surface area contributed by atoms with Crippen molar-refractivity contribution in [2.75, 3.05) is 32.7 Å². The van der Waals surface area contributed by atoms with Crippen LogP contribution in [0.4, 0.5) is 0 Å². The maximum atomic E-state index is 12.5. The summed E-state index contributed by atoms with van der Waals surface area (Å²) in [5.41, 5.74) is 1.23. The molecule has 1 aliphatic rings. The van der Waals surface area contributed by atoms with Crippen molar-refractivity contribution >= 4 is 23.2 Å². The van der Waals surface area contributed by atoms with E-state index >= 15 is 0 Å². The van der Waals surface area contributed by atoms with Gasteiger partial charge in [-0.2, -0.15) is 0 Å². The summed E-state index contributed by atoms with van der Waals surface area (Å²) in [6, 6.07) is 13.8. The molecule has 2 heterocycles. The molecule has 2 atom stereocenters. The molecule has 6 heteroatoms. The number of carbonyl (C=O) groups is 2. The minimum absolute atomic E-state index is 0.0517. The molecule has 27 heavy (non-hydrogen) atoms. The van der Waals surface area contributed by atoms with E-state index in [-0.39, 0.29) is 23.8 Å². The van der Waals surface area contributed by atoms with Crippen molar-refractivity contribution in [3.8, 4) is 0 Å². The van der Waals surface area contributed by atoms with Gasteiger partial charge in [0.05, 0.1) is 10.9 Å². The van der Waals surface area contributed by atoms with Crippen LogP contribution in [0.3, 0.4) is 0 Å². The van der Waals surface area contributed by atoms with Gasteiger partial charge in [-0.15, -0.1) is 11.3 Å². The highest BCUT2D eigenvalue weighted by atomic mass is 32.1. The van der Waals surface area contributed by atoms with Crippen molar-refractivity contribution in [3.63, 3.8) is 0 Å². The van der Waals surface area contributed by atoms with Crippen molar-refractivity contribution in [1.29, 1.82) is 0 Å². The second-order valence-electron chi connectivity index (χ2n) is 7.04. The third-order valence-corrected chi connectivity index (χ3v) is 6.07. The highest BCUT2D eigenvalue weighted by molar-refractivity contribution is 7.12. The van der Waals surface area contributed by atoms with E-state index in [1.54, 1.807) is 0 Å². The molecule has 1 saturated heterocycles. The van der Waals surface area contributed by atoms with Crippen molar-refractivity contribution in [2.45, 2.75) is 25.8 Å². The summed E-state index contributed by atoms with van der Waals surface area (Å²) in [5.74, 6) is 0.428. The zero-order chi connectivity index (χ0) is 19.2. The lowest BCUT2D eigenvalue weighted by atomic mass is 10.0. The fourth-order valence-corrected chi connectivity index (χ4v) is 4.03. The molecule has 1 aromatic heterocycles. The van der Waals surface area contributed by atoms with E-state index < -0.39 is 0 Å². The lowest BCUT2D eigenvalue weighted by molar-refractivity contribution is -0.126. The summed E-state index contributed by atoms with van der Waals surface area (Å²) >= 11 is 1.48. The fraction of sp³-hybridized carbons (Fsp3) is 0.429. The van der Waals surface area contributed by atoms with Gasteiger partial charge in [0.15, 0.2) is 0 Å². The van der Waals surface area contributed by atoms with Crippen LogP contribution in [0.5, 0.6) is 0 Å². The first kappa shape index (κ1) is 19.6. The number of rotatable bonds is 6. The molecule has 5 nitrogen and oxygen atoms in total. The Labute approximate surface area is 165 Å². The molecule has 1 fully saturated rings. The number of nitrogens with one attached hydrogen (secondary N) is 1. The van der Waals surface area contributed by atoms with Gasteiger partial charge in [-0.3, -0.25) is 14.5 Å². The Bertz CT molecular complexity index is 740. The van der Waals surface area contributed by atoms with Gasteiger partial charge in [0.2, 0.25) is 5.91 Å². The molecule has 0 radical (unpaired) electrons. The average Bonchev–Trinajstić information content (AvgIpc) is 3.26. The number of benzene rings is 1. The first-order valence-electron chi connectivity index (χ1n) is 9.45. The Morgan fingerprint density at radius 3 is 2.37 bits per heavy atom. The minimum atomic E-state index is -0.188. The fourth-order valence-electron chi connectivity index (χ4n) is 3.34. The lowest BCUT2D eigenvalue weighted by Crippen LogP contribution is -2.55. The summed E-state index contributed by atoms with van der Waals surface area (Å²) in [4.78, 5) is 29.8. The molecule has 144 valence electrons. The molecular formula is C21H27N3O2S. The Kier molecular flexibility index (Phi) is 6.63. The number of amides is 2. The Balaban J connectivity index is 1.45. The van der Waals surface area contributed by atoms with E-state index in [9.17, 15) is 9.59 Å². The van der Waals surface area contributed by atoms with Gasteiger partial charge in [-0.05, 0) is 29.9 Å². The lowest BCUT2D eigenvalue weighted by Gasteiger charge is -2.37. The topological polar surface area (TPSA) is 52.7 Å². The Morgan fingerprint density at radius 2 is 1.74 bits per heavy atom. The first-order chi connectivity index (χ1) is 13.1.